The predicted octanol–water partition coefficient (Wildman–Crippen LogP) is 3.97. The lowest BCUT2D eigenvalue weighted by Crippen LogP contribution is -2.12. The first kappa shape index (κ1) is 13.3. The summed E-state index contributed by atoms with van der Waals surface area (Å²) in [5.74, 6) is -2.68. The highest BCUT2D eigenvalue weighted by molar-refractivity contribution is 5.98. The molecule has 1 aromatic heterocycles. The van der Waals surface area contributed by atoms with Crippen LogP contribution in [0, 0.1) is 11.6 Å². The van der Waals surface area contributed by atoms with Crippen molar-refractivity contribution in [2.24, 2.45) is 0 Å². The molecule has 2 aromatic carbocycles. The van der Waals surface area contributed by atoms with Gasteiger partial charge in [-0.2, -0.15) is 0 Å². The van der Waals surface area contributed by atoms with Crippen molar-refractivity contribution < 1.29 is 22.7 Å². The first-order chi connectivity index (χ1) is 10.1. The zero-order valence-corrected chi connectivity index (χ0v) is 10.8. The third-order valence-corrected chi connectivity index (χ3v) is 2.97. The molecule has 0 radical (unpaired) electrons. The summed E-state index contributed by atoms with van der Waals surface area (Å²) < 4.78 is 37.0. The Bertz CT molecular complexity index is 755. The fourth-order valence-corrected chi connectivity index (χ4v) is 1.95. The lowest BCUT2D eigenvalue weighted by atomic mass is 10.2. The minimum Gasteiger partial charge on any atom is -0.479 e. The molecule has 0 saturated heterocycles. The molecule has 0 unspecified atom stereocenters. The maximum atomic E-state index is 13.4. The zero-order chi connectivity index (χ0) is 14.8. The number of carbonyl (C=O) groups excluding carboxylic acids is 1. The van der Waals surface area contributed by atoms with Crippen LogP contribution in [0.1, 0.15) is 10.6 Å². The third kappa shape index (κ3) is 2.63. The second-order valence-electron chi connectivity index (χ2n) is 4.41. The van der Waals surface area contributed by atoms with Gasteiger partial charge in [0.2, 0.25) is 5.78 Å². The molecular formula is C16H10F2O3. The van der Waals surface area contributed by atoms with Crippen molar-refractivity contribution in [1.82, 2.24) is 0 Å². The van der Waals surface area contributed by atoms with Gasteiger partial charge in [0.15, 0.2) is 29.8 Å². The van der Waals surface area contributed by atoms with E-state index in [9.17, 15) is 13.6 Å². The molecule has 0 fully saturated rings. The summed E-state index contributed by atoms with van der Waals surface area (Å²) in [5, 5.41) is 0.776. The molecule has 3 nitrogen and oxygen atoms in total. The number of hydrogen-bond acceptors (Lipinski definition) is 3. The summed E-state index contributed by atoms with van der Waals surface area (Å²) in [6.07, 6.45) is 0. The second-order valence-corrected chi connectivity index (χ2v) is 4.41. The Morgan fingerprint density at radius 2 is 1.76 bits per heavy atom. The van der Waals surface area contributed by atoms with Crippen molar-refractivity contribution in [1.29, 1.82) is 0 Å². The summed E-state index contributed by atoms with van der Waals surface area (Å²) in [4.78, 5) is 11.9. The second kappa shape index (κ2) is 5.36. The van der Waals surface area contributed by atoms with Crippen LogP contribution in [0.5, 0.6) is 5.75 Å². The van der Waals surface area contributed by atoms with Crippen molar-refractivity contribution >= 4 is 16.8 Å². The average Bonchev–Trinajstić information content (AvgIpc) is 2.90. The summed E-state index contributed by atoms with van der Waals surface area (Å²) in [6, 6.07) is 12.0. The quantitative estimate of drug-likeness (QED) is 0.682. The van der Waals surface area contributed by atoms with Crippen molar-refractivity contribution in [2.75, 3.05) is 6.61 Å². The Morgan fingerprint density at radius 3 is 2.48 bits per heavy atom. The first-order valence-electron chi connectivity index (χ1n) is 6.24. The molecule has 0 aliphatic rings. The number of para-hydroxylation sites is 2. The smallest absolute Gasteiger partial charge is 0.235 e. The van der Waals surface area contributed by atoms with E-state index in [1.165, 1.54) is 6.07 Å². The van der Waals surface area contributed by atoms with E-state index in [2.05, 4.69) is 0 Å². The normalized spacial score (nSPS) is 10.8. The number of rotatable bonds is 4. The van der Waals surface area contributed by atoms with Crippen LogP contribution in [0.4, 0.5) is 8.78 Å². The van der Waals surface area contributed by atoms with Crippen molar-refractivity contribution in [2.45, 2.75) is 0 Å². The highest BCUT2D eigenvalue weighted by Gasteiger charge is 2.16. The Hall–Kier alpha value is -2.69. The molecule has 21 heavy (non-hydrogen) atoms. The number of halogens is 2. The molecule has 0 N–H and O–H groups in total. The average molecular weight is 288 g/mol. The number of ketones is 1. The molecule has 3 rings (SSSR count). The Labute approximate surface area is 118 Å². The van der Waals surface area contributed by atoms with Gasteiger partial charge >= 0.3 is 0 Å². The molecule has 0 aliphatic heterocycles. The van der Waals surface area contributed by atoms with Crippen LogP contribution < -0.4 is 4.74 Å². The molecular weight excluding hydrogens is 278 g/mol. The van der Waals surface area contributed by atoms with Gasteiger partial charge in [-0.3, -0.25) is 4.79 Å². The van der Waals surface area contributed by atoms with E-state index in [1.54, 1.807) is 24.3 Å². The van der Waals surface area contributed by atoms with E-state index < -0.39 is 29.8 Å². The molecule has 106 valence electrons. The Morgan fingerprint density at radius 1 is 1.05 bits per heavy atom. The summed E-state index contributed by atoms with van der Waals surface area (Å²) in [7, 11) is 0. The van der Waals surface area contributed by atoms with E-state index in [0.29, 0.717) is 5.58 Å². The molecule has 0 atom stereocenters. The SMILES string of the molecule is O=C(COc1c(F)cccc1F)c1cc2ccccc2o1. The van der Waals surface area contributed by atoms with Gasteiger partial charge in [-0.15, -0.1) is 0 Å². The molecule has 1 heterocycles. The lowest BCUT2D eigenvalue weighted by molar-refractivity contribution is 0.0890. The van der Waals surface area contributed by atoms with Gasteiger partial charge in [0.1, 0.15) is 5.58 Å². The van der Waals surface area contributed by atoms with Crippen LogP contribution in [0.15, 0.2) is 52.9 Å². The van der Waals surface area contributed by atoms with Gasteiger partial charge in [0, 0.05) is 5.39 Å². The van der Waals surface area contributed by atoms with E-state index in [0.717, 1.165) is 17.5 Å². The monoisotopic (exact) mass is 288 g/mol. The number of furan rings is 1. The van der Waals surface area contributed by atoms with E-state index in [1.807, 2.05) is 6.07 Å². The van der Waals surface area contributed by atoms with E-state index in [4.69, 9.17) is 9.15 Å². The van der Waals surface area contributed by atoms with Crippen LogP contribution in [-0.2, 0) is 0 Å². The number of hydrogen-bond donors (Lipinski definition) is 0. The zero-order valence-electron chi connectivity index (χ0n) is 10.8. The number of benzene rings is 2. The topological polar surface area (TPSA) is 39.4 Å². The molecule has 0 amide bonds. The minimum atomic E-state index is -0.854. The molecule has 3 aromatic rings. The number of fused-ring (bicyclic) bond motifs is 1. The van der Waals surface area contributed by atoms with Crippen LogP contribution in [0.3, 0.4) is 0 Å². The summed E-state index contributed by atoms with van der Waals surface area (Å²) in [6.45, 7) is -0.502. The third-order valence-electron chi connectivity index (χ3n) is 2.97. The number of ether oxygens (including phenoxy) is 1. The summed E-state index contributed by atoms with van der Waals surface area (Å²) in [5.41, 5.74) is 0.568. The molecule has 0 bridgehead atoms. The molecule has 0 aliphatic carbocycles. The Balaban J connectivity index is 1.77. The van der Waals surface area contributed by atoms with Gasteiger partial charge in [0.25, 0.3) is 0 Å². The largest absolute Gasteiger partial charge is 0.479 e. The van der Waals surface area contributed by atoms with Crippen molar-refractivity contribution in [3.05, 3.63) is 65.9 Å². The van der Waals surface area contributed by atoms with Crippen molar-refractivity contribution in [3.8, 4) is 5.75 Å². The van der Waals surface area contributed by atoms with Gasteiger partial charge < -0.3 is 9.15 Å². The van der Waals surface area contributed by atoms with Gasteiger partial charge in [-0.1, -0.05) is 24.3 Å². The predicted molar refractivity (Wildman–Crippen MR) is 72.4 cm³/mol. The van der Waals surface area contributed by atoms with Crippen LogP contribution >= 0.6 is 0 Å². The van der Waals surface area contributed by atoms with Crippen LogP contribution in [-0.4, -0.2) is 12.4 Å². The van der Waals surface area contributed by atoms with Crippen molar-refractivity contribution in [3.63, 3.8) is 0 Å². The van der Waals surface area contributed by atoms with Gasteiger partial charge in [-0.25, -0.2) is 8.78 Å². The fraction of sp³-hybridized carbons (Fsp3) is 0.0625. The lowest BCUT2D eigenvalue weighted by Gasteiger charge is -2.06. The van der Waals surface area contributed by atoms with Gasteiger partial charge in [0.05, 0.1) is 0 Å². The Kier molecular flexibility index (Phi) is 3.39. The maximum absolute atomic E-state index is 13.4. The molecule has 0 saturated carbocycles. The van der Waals surface area contributed by atoms with E-state index in [-0.39, 0.29) is 5.76 Å². The van der Waals surface area contributed by atoms with E-state index >= 15 is 0 Å². The highest BCUT2D eigenvalue weighted by atomic mass is 19.1. The molecule has 5 heteroatoms. The van der Waals surface area contributed by atoms with Crippen LogP contribution in [0.25, 0.3) is 11.0 Å². The minimum absolute atomic E-state index is 0.0907. The number of carbonyl (C=O) groups is 1. The standard InChI is InChI=1S/C16H10F2O3/c17-11-5-3-6-12(18)16(11)20-9-13(19)15-8-10-4-1-2-7-14(10)21-15/h1-8H,9H2. The maximum Gasteiger partial charge on any atom is 0.235 e. The molecule has 0 spiro atoms. The van der Waals surface area contributed by atoms with Gasteiger partial charge in [-0.05, 0) is 24.3 Å². The van der Waals surface area contributed by atoms with Crippen LogP contribution in [0.2, 0.25) is 0 Å². The number of Topliss-reactive ketones (excluding diaryl/α,β-unsaturated/α-hetero) is 1. The fourth-order valence-electron chi connectivity index (χ4n) is 1.95. The summed E-state index contributed by atoms with van der Waals surface area (Å²) >= 11 is 0. The first-order valence-corrected chi connectivity index (χ1v) is 6.24. The highest BCUT2D eigenvalue weighted by Crippen LogP contribution is 2.22.